The average molecular weight is 439 g/mol. The fourth-order valence-electron chi connectivity index (χ4n) is 4.98. The molecule has 0 N–H and O–H groups in total. The second kappa shape index (κ2) is 12.8. The summed E-state index contributed by atoms with van der Waals surface area (Å²) in [4.78, 5) is 0. The molecule has 1 rings (SSSR count). The van der Waals surface area contributed by atoms with Crippen LogP contribution in [-0.4, -0.2) is 0 Å². The first-order valence-electron chi connectivity index (χ1n) is 13.1. The van der Waals surface area contributed by atoms with E-state index in [1.807, 2.05) is 0 Å². The van der Waals surface area contributed by atoms with Crippen molar-refractivity contribution in [1.82, 2.24) is 0 Å². The lowest BCUT2D eigenvalue weighted by molar-refractivity contribution is 0.103. The highest BCUT2D eigenvalue weighted by Gasteiger charge is 2.39. The summed E-state index contributed by atoms with van der Waals surface area (Å²) in [6.07, 6.45) is 19.1. The van der Waals surface area contributed by atoms with Crippen LogP contribution < -0.4 is 0 Å². The molecule has 0 aromatic heterocycles. The van der Waals surface area contributed by atoms with Gasteiger partial charge in [-0.3, -0.25) is 0 Å². The molecule has 0 radical (unpaired) electrons. The van der Waals surface area contributed by atoms with Crippen molar-refractivity contribution in [3.63, 3.8) is 0 Å². The highest BCUT2D eigenvalue weighted by Crippen LogP contribution is 2.49. The van der Waals surface area contributed by atoms with E-state index in [0.29, 0.717) is 23.2 Å². The summed E-state index contributed by atoms with van der Waals surface area (Å²) in [6, 6.07) is 0. The van der Waals surface area contributed by atoms with Gasteiger partial charge in [-0.15, -0.1) is 6.58 Å². The predicted molar refractivity (Wildman–Crippen MR) is 147 cm³/mol. The van der Waals surface area contributed by atoms with Crippen molar-refractivity contribution >= 4 is 0 Å². The van der Waals surface area contributed by atoms with E-state index in [1.54, 1.807) is 0 Å². The van der Waals surface area contributed by atoms with Crippen molar-refractivity contribution in [2.24, 2.45) is 34.5 Å². The van der Waals surface area contributed by atoms with Gasteiger partial charge in [0.05, 0.1) is 0 Å². The Morgan fingerprint density at radius 1 is 1.22 bits per heavy atom. The molecule has 0 amide bonds. The van der Waals surface area contributed by atoms with Crippen LogP contribution in [0.25, 0.3) is 0 Å². The van der Waals surface area contributed by atoms with Gasteiger partial charge < -0.3 is 0 Å². The molecule has 1 saturated carbocycles. The molecule has 0 heterocycles. The van der Waals surface area contributed by atoms with E-state index < -0.39 is 0 Å². The Morgan fingerprint density at radius 2 is 1.88 bits per heavy atom. The number of rotatable bonds is 13. The fraction of sp³-hybridized carbons (Fsp3) is 0.688. The topological polar surface area (TPSA) is 0 Å². The average Bonchev–Trinajstić information content (AvgIpc) is 2.73. The highest BCUT2D eigenvalue weighted by molar-refractivity contribution is 5.12. The summed E-state index contributed by atoms with van der Waals surface area (Å²) in [5.41, 5.74) is 4.73. The van der Waals surface area contributed by atoms with E-state index in [-0.39, 0.29) is 5.41 Å². The van der Waals surface area contributed by atoms with Crippen LogP contribution in [0, 0.1) is 34.5 Å². The lowest BCUT2D eigenvalue weighted by Crippen LogP contribution is -2.36. The molecular weight excluding hydrogens is 384 g/mol. The van der Waals surface area contributed by atoms with Crippen molar-refractivity contribution in [3.8, 4) is 0 Å². The summed E-state index contributed by atoms with van der Waals surface area (Å²) in [7, 11) is 0. The zero-order valence-corrected chi connectivity index (χ0v) is 22.9. The number of hydrogen-bond acceptors (Lipinski definition) is 0. The van der Waals surface area contributed by atoms with Crippen molar-refractivity contribution in [2.75, 3.05) is 0 Å². The van der Waals surface area contributed by atoms with Crippen molar-refractivity contribution in [1.29, 1.82) is 0 Å². The van der Waals surface area contributed by atoms with E-state index in [0.717, 1.165) is 18.8 Å². The van der Waals surface area contributed by atoms with Crippen LogP contribution in [0.4, 0.5) is 0 Å². The van der Waals surface area contributed by atoms with Crippen LogP contribution in [0.2, 0.25) is 0 Å². The molecule has 0 nitrogen and oxygen atoms in total. The van der Waals surface area contributed by atoms with Crippen LogP contribution in [-0.2, 0) is 0 Å². The Bertz CT molecular complexity index is 685. The second-order valence-corrected chi connectivity index (χ2v) is 12.0. The SMILES string of the molecule is C=C[C@@](C)(/C=C/[C@@H](C)CC[C@@H]1C(=C)CC[C@@H](C)C1(C)C)CC/C=C(\C)CC[C@@H](C)C(=C)C. The Kier molecular flexibility index (Phi) is 11.5. The first kappa shape index (κ1) is 28.7. The summed E-state index contributed by atoms with van der Waals surface area (Å²) in [5.74, 6) is 2.65. The van der Waals surface area contributed by atoms with Crippen LogP contribution >= 0.6 is 0 Å². The molecule has 0 saturated heterocycles. The molecule has 0 aliphatic heterocycles. The van der Waals surface area contributed by atoms with Crippen molar-refractivity contribution < 1.29 is 0 Å². The van der Waals surface area contributed by atoms with E-state index in [2.05, 4.69) is 99.4 Å². The van der Waals surface area contributed by atoms with Crippen LogP contribution in [0.3, 0.4) is 0 Å². The van der Waals surface area contributed by atoms with Gasteiger partial charge in [-0.25, -0.2) is 0 Å². The van der Waals surface area contributed by atoms with Gasteiger partial charge in [0.15, 0.2) is 0 Å². The summed E-state index contributed by atoms with van der Waals surface area (Å²) in [6.45, 7) is 31.4. The quantitative estimate of drug-likeness (QED) is 0.251. The first-order valence-corrected chi connectivity index (χ1v) is 13.1. The monoisotopic (exact) mass is 438 g/mol. The van der Waals surface area contributed by atoms with Gasteiger partial charge in [-0.2, -0.15) is 0 Å². The molecule has 0 aromatic rings. The largest absolute Gasteiger partial charge is 0.102 e. The van der Waals surface area contributed by atoms with Crippen LogP contribution in [0.1, 0.15) is 107 Å². The molecule has 182 valence electrons. The maximum Gasteiger partial charge on any atom is 0.00330 e. The number of allylic oxidation sites excluding steroid dienone is 7. The van der Waals surface area contributed by atoms with Crippen LogP contribution in [0.15, 0.2) is 60.8 Å². The third-order valence-electron chi connectivity index (χ3n) is 8.73. The minimum atomic E-state index is 0.0677. The Balaban J connectivity index is 2.57. The third-order valence-corrected chi connectivity index (χ3v) is 8.73. The zero-order chi connectivity index (χ0) is 24.5. The van der Waals surface area contributed by atoms with E-state index in [1.165, 1.54) is 55.2 Å². The maximum absolute atomic E-state index is 4.44. The van der Waals surface area contributed by atoms with Crippen molar-refractivity contribution in [2.45, 2.75) is 107 Å². The Labute approximate surface area is 202 Å². The van der Waals surface area contributed by atoms with Crippen molar-refractivity contribution in [3.05, 3.63) is 60.8 Å². The standard InChI is InChI=1S/C32H54/c1-12-32(11,22-13-14-25(4)15-17-27(6)24(2)3)23-21-26(5)16-20-30-28(7)18-19-29(8)31(30,9)10/h12,14,21,23,26-27,29-30H,1-2,7,13,15-20,22H2,3-6,8-11H3/b23-21+,25-14+/t26-,27+,29+,30+,32+/m0/s1. The predicted octanol–water partition coefficient (Wildman–Crippen LogP) is 10.5. The molecule has 1 fully saturated rings. The van der Waals surface area contributed by atoms with Gasteiger partial charge in [0, 0.05) is 5.41 Å². The number of hydrogen-bond donors (Lipinski definition) is 0. The summed E-state index contributed by atoms with van der Waals surface area (Å²) in [5, 5.41) is 0. The molecule has 0 aromatic carbocycles. The fourth-order valence-corrected chi connectivity index (χ4v) is 4.98. The lowest BCUT2D eigenvalue weighted by atomic mass is 9.60. The molecule has 0 bridgehead atoms. The zero-order valence-electron chi connectivity index (χ0n) is 22.9. The Morgan fingerprint density at radius 3 is 2.47 bits per heavy atom. The minimum Gasteiger partial charge on any atom is -0.102 e. The van der Waals surface area contributed by atoms with Gasteiger partial charge in [0.25, 0.3) is 0 Å². The van der Waals surface area contributed by atoms with E-state index in [4.69, 9.17) is 0 Å². The molecule has 0 spiro atoms. The third kappa shape index (κ3) is 8.92. The molecule has 0 heteroatoms. The summed E-state index contributed by atoms with van der Waals surface area (Å²) < 4.78 is 0. The van der Waals surface area contributed by atoms with E-state index >= 15 is 0 Å². The molecular formula is C32H54. The van der Waals surface area contributed by atoms with Gasteiger partial charge in [-0.1, -0.05) is 95.7 Å². The van der Waals surface area contributed by atoms with Gasteiger partial charge >= 0.3 is 0 Å². The molecule has 0 unspecified atom stereocenters. The second-order valence-electron chi connectivity index (χ2n) is 12.0. The van der Waals surface area contributed by atoms with Gasteiger partial charge in [-0.05, 0) is 94.3 Å². The van der Waals surface area contributed by atoms with Crippen LogP contribution in [0.5, 0.6) is 0 Å². The molecule has 1 aliphatic carbocycles. The minimum absolute atomic E-state index is 0.0677. The molecule has 1 aliphatic rings. The lowest BCUT2D eigenvalue weighted by Gasteiger charge is -2.45. The first-order chi connectivity index (χ1) is 14.8. The highest BCUT2D eigenvalue weighted by atomic mass is 14.4. The Hall–Kier alpha value is -1.30. The molecule has 5 atom stereocenters. The normalized spacial score (nSPS) is 25.4. The smallest absolute Gasteiger partial charge is 0.00330 e. The van der Waals surface area contributed by atoms with E-state index in [9.17, 15) is 0 Å². The molecule has 32 heavy (non-hydrogen) atoms. The summed E-state index contributed by atoms with van der Waals surface area (Å²) >= 11 is 0. The van der Waals surface area contributed by atoms with Gasteiger partial charge in [0.2, 0.25) is 0 Å². The van der Waals surface area contributed by atoms with Gasteiger partial charge in [0.1, 0.15) is 0 Å². The maximum atomic E-state index is 4.44.